The van der Waals surface area contributed by atoms with Gasteiger partial charge in [-0.05, 0) is 24.8 Å². The van der Waals surface area contributed by atoms with Crippen LogP contribution in [0.3, 0.4) is 0 Å². The topological polar surface area (TPSA) is 52.3 Å². The Hall–Kier alpha value is -1.32. The van der Waals surface area contributed by atoms with Gasteiger partial charge in [0, 0.05) is 18.6 Å². The van der Waals surface area contributed by atoms with E-state index >= 15 is 0 Å². The van der Waals surface area contributed by atoms with E-state index in [1.165, 1.54) is 0 Å². The molecule has 0 radical (unpaired) electrons. The van der Waals surface area contributed by atoms with E-state index in [0.29, 0.717) is 17.0 Å². The van der Waals surface area contributed by atoms with Gasteiger partial charge in [0.15, 0.2) is 0 Å². The molecule has 0 saturated carbocycles. The van der Waals surface area contributed by atoms with Crippen molar-refractivity contribution in [3.05, 3.63) is 41.5 Å². The van der Waals surface area contributed by atoms with E-state index in [1.54, 1.807) is 0 Å². The predicted molar refractivity (Wildman–Crippen MR) is 76.6 cm³/mol. The van der Waals surface area contributed by atoms with Gasteiger partial charge in [0.2, 0.25) is 5.91 Å². The van der Waals surface area contributed by atoms with Crippen molar-refractivity contribution in [3.8, 4) is 0 Å². The normalized spacial score (nSPS) is 20.8. The fourth-order valence-electron chi connectivity index (χ4n) is 2.25. The molecule has 1 unspecified atom stereocenters. The molecule has 1 atom stereocenters. The van der Waals surface area contributed by atoms with Crippen LogP contribution in [-0.2, 0) is 9.53 Å². The minimum absolute atomic E-state index is 0.0497. The van der Waals surface area contributed by atoms with Crippen molar-refractivity contribution in [1.29, 1.82) is 0 Å². The molecule has 1 heterocycles. The Morgan fingerprint density at radius 1 is 1.32 bits per heavy atom. The van der Waals surface area contributed by atoms with Crippen molar-refractivity contribution >= 4 is 22.5 Å². The lowest BCUT2D eigenvalue weighted by Crippen LogP contribution is -2.24. The lowest BCUT2D eigenvalue weighted by Gasteiger charge is -2.23. The number of hydrogen-bond acceptors (Lipinski definition) is 2. The quantitative estimate of drug-likeness (QED) is 0.861. The van der Waals surface area contributed by atoms with Crippen LogP contribution < -0.4 is 5.73 Å². The highest BCUT2D eigenvalue weighted by atomic mass is 35.5. The number of hydrogen-bond donors (Lipinski definition) is 1. The Bertz CT molecular complexity index is 464. The summed E-state index contributed by atoms with van der Waals surface area (Å²) in [6, 6.07) is 9.41. The summed E-state index contributed by atoms with van der Waals surface area (Å²) in [6.07, 6.45) is 3.70. The SMILES string of the molecule is NC(=O)/C(CC1CCCCO1)=C(/Cl)c1ccccc1. The van der Waals surface area contributed by atoms with E-state index in [-0.39, 0.29) is 6.10 Å². The number of carbonyl (C=O) groups excluding carboxylic acids is 1. The highest BCUT2D eigenvalue weighted by Crippen LogP contribution is 2.28. The van der Waals surface area contributed by atoms with Gasteiger partial charge >= 0.3 is 0 Å². The maximum Gasteiger partial charge on any atom is 0.246 e. The molecule has 1 aliphatic rings. The summed E-state index contributed by atoms with van der Waals surface area (Å²) in [7, 11) is 0. The molecular weight excluding hydrogens is 262 g/mol. The lowest BCUT2D eigenvalue weighted by molar-refractivity contribution is -0.115. The number of rotatable bonds is 4. The predicted octanol–water partition coefficient (Wildman–Crippen LogP) is 3.08. The number of halogens is 1. The molecule has 0 spiro atoms. The molecule has 0 aromatic heterocycles. The summed E-state index contributed by atoms with van der Waals surface area (Å²) in [5.41, 5.74) is 6.73. The highest BCUT2D eigenvalue weighted by molar-refractivity contribution is 6.51. The summed E-state index contributed by atoms with van der Waals surface area (Å²) in [6.45, 7) is 0.750. The van der Waals surface area contributed by atoms with Crippen molar-refractivity contribution < 1.29 is 9.53 Å². The van der Waals surface area contributed by atoms with E-state index in [1.807, 2.05) is 30.3 Å². The van der Waals surface area contributed by atoms with Crippen LogP contribution in [0.15, 0.2) is 35.9 Å². The first kappa shape index (κ1) is 14.1. The number of benzene rings is 1. The Labute approximate surface area is 118 Å². The minimum atomic E-state index is -0.469. The third kappa shape index (κ3) is 3.82. The average molecular weight is 280 g/mol. The van der Waals surface area contributed by atoms with E-state index < -0.39 is 5.91 Å². The molecular formula is C15H18ClNO2. The van der Waals surface area contributed by atoms with Crippen molar-refractivity contribution in [1.82, 2.24) is 0 Å². The van der Waals surface area contributed by atoms with Gasteiger partial charge in [-0.1, -0.05) is 41.9 Å². The first-order valence-corrected chi connectivity index (χ1v) is 6.91. The monoisotopic (exact) mass is 279 g/mol. The Morgan fingerprint density at radius 2 is 2.05 bits per heavy atom. The largest absolute Gasteiger partial charge is 0.378 e. The van der Waals surface area contributed by atoms with E-state index in [0.717, 1.165) is 31.4 Å². The van der Waals surface area contributed by atoms with Crippen LogP contribution in [0, 0.1) is 0 Å². The van der Waals surface area contributed by atoms with E-state index in [2.05, 4.69) is 0 Å². The minimum Gasteiger partial charge on any atom is -0.378 e. The molecule has 2 rings (SSSR count). The van der Waals surface area contributed by atoms with Crippen LogP contribution in [0.2, 0.25) is 0 Å². The number of carbonyl (C=O) groups is 1. The fraction of sp³-hybridized carbons (Fsp3) is 0.400. The van der Waals surface area contributed by atoms with Gasteiger partial charge < -0.3 is 10.5 Å². The molecule has 1 aromatic carbocycles. The second-order valence-corrected chi connectivity index (χ2v) is 5.09. The maximum atomic E-state index is 11.6. The lowest BCUT2D eigenvalue weighted by atomic mass is 9.99. The van der Waals surface area contributed by atoms with Gasteiger partial charge in [0.05, 0.1) is 11.1 Å². The molecule has 0 aliphatic carbocycles. The maximum absolute atomic E-state index is 11.6. The Morgan fingerprint density at radius 3 is 2.63 bits per heavy atom. The van der Waals surface area contributed by atoms with Gasteiger partial charge in [0.1, 0.15) is 0 Å². The number of ether oxygens (including phenoxy) is 1. The van der Waals surface area contributed by atoms with Gasteiger partial charge in [-0.2, -0.15) is 0 Å². The van der Waals surface area contributed by atoms with Crippen LogP contribution in [0.4, 0.5) is 0 Å². The second-order valence-electron chi connectivity index (χ2n) is 4.72. The van der Waals surface area contributed by atoms with Crippen molar-refractivity contribution in [2.75, 3.05) is 6.61 Å². The summed E-state index contributed by atoms with van der Waals surface area (Å²) in [4.78, 5) is 11.6. The Balaban J connectivity index is 2.21. The summed E-state index contributed by atoms with van der Waals surface area (Å²) in [5.74, 6) is -0.469. The summed E-state index contributed by atoms with van der Waals surface area (Å²) < 4.78 is 5.64. The number of amides is 1. The van der Waals surface area contributed by atoms with Crippen LogP contribution in [-0.4, -0.2) is 18.6 Å². The van der Waals surface area contributed by atoms with Crippen molar-refractivity contribution in [2.24, 2.45) is 5.73 Å². The third-order valence-corrected chi connectivity index (χ3v) is 3.74. The van der Waals surface area contributed by atoms with Crippen LogP contribution >= 0.6 is 11.6 Å². The van der Waals surface area contributed by atoms with Crippen molar-refractivity contribution in [2.45, 2.75) is 31.8 Å². The average Bonchev–Trinajstić information content (AvgIpc) is 2.46. The van der Waals surface area contributed by atoms with Crippen LogP contribution in [0.25, 0.3) is 5.03 Å². The van der Waals surface area contributed by atoms with Crippen molar-refractivity contribution in [3.63, 3.8) is 0 Å². The first-order valence-electron chi connectivity index (χ1n) is 6.54. The zero-order valence-corrected chi connectivity index (χ0v) is 11.5. The smallest absolute Gasteiger partial charge is 0.246 e. The molecule has 0 bridgehead atoms. The van der Waals surface area contributed by atoms with Gasteiger partial charge in [-0.25, -0.2) is 0 Å². The molecule has 102 valence electrons. The molecule has 19 heavy (non-hydrogen) atoms. The van der Waals surface area contributed by atoms with E-state index in [9.17, 15) is 4.79 Å². The Kier molecular flexibility index (Phi) is 5.00. The molecule has 4 heteroatoms. The highest BCUT2D eigenvalue weighted by Gasteiger charge is 2.21. The second kappa shape index (κ2) is 6.73. The van der Waals surface area contributed by atoms with Gasteiger partial charge in [0.25, 0.3) is 0 Å². The number of nitrogens with two attached hydrogens (primary N) is 1. The van der Waals surface area contributed by atoms with E-state index in [4.69, 9.17) is 22.1 Å². The zero-order valence-electron chi connectivity index (χ0n) is 10.8. The molecule has 3 nitrogen and oxygen atoms in total. The van der Waals surface area contributed by atoms with Gasteiger partial charge in [-0.15, -0.1) is 0 Å². The zero-order chi connectivity index (χ0) is 13.7. The molecule has 1 aliphatic heterocycles. The third-order valence-electron chi connectivity index (χ3n) is 3.30. The molecule has 1 fully saturated rings. The standard InChI is InChI=1S/C15H18ClNO2/c16-14(11-6-2-1-3-7-11)13(15(17)18)10-12-8-4-5-9-19-12/h1-3,6-7,12H,4-5,8-10H2,(H2,17,18)/b14-13+. The summed E-state index contributed by atoms with van der Waals surface area (Å²) >= 11 is 6.31. The van der Waals surface area contributed by atoms with Crippen LogP contribution in [0.5, 0.6) is 0 Å². The molecule has 1 aromatic rings. The first-order chi connectivity index (χ1) is 9.18. The molecule has 1 amide bonds. The molecule has 2 N–H and O–H groups in total. The summed E-state index contributed by atoms with van der Waals surface area (Å²) in [5, 5.41) is 0.433. The van der Waals surface area contributed by atoms with Crippen LogP contribution in [0.1, 0.15) is 31.2 Å². The fourth-order valence-corrected chi connectivity index (χ4v) is 2.55. The van der Waals surface area contributed by atoms with Gasteiger partial charge in [-0.3, -0.25) is 4.79 Å². The molecule has 1 saturated heterocycles. The number of primary amides is 1.